The molecule has 6 heteroatoms. The number of aromatic nitrogens is 2. The first-order chi connectivity index (χ1) is 9.60. The Morgan fingerprint density at radius 1 is 1.40 bits per heavy atom. The van der Waals surface area contributed by atoms with Gasteiger partial charge >= 0.3 is 0 Å². The normalized spacial score (nSPS) is 11.0. The first-order valence-electron chi connectivity index (χ1n) is 6.84. The standard InChI is InChI=1S/C14H20N4OS/c1-4-10-5-11-13(17-8-18-14(11)20-10)16-7-12(19)15-6-9(2)3/h5,8-9H,4,6-7H2,1-3H3,(H,15,19)(H,16,17,18). The zero-order valence-electron chi connectivity index (χ0n) is 12.1. The van der Waals surface area contributed by atoms with Gasteiger partial charge in [0.25, 0.3) is 0 Å². The van der Waals surface area contributed by atoms with Gasteiger partial charge in [-0.05, 0) is 18.4 Å². The Morgan fingerprint density at radius 2 is 2.20 bits per heavy atom. The molecule has 2 aromatic heterocycles. The summed E-state index contributed by atoms with van der Waals surface area (Å²) in [6, 6.07) is 2.09. The van der Waals surface area contributed by atoms with E-state index in [0.717, 1.165) is 22.5 Å². The Hall–Kier alpha value is -1.69. The number of hydrogen-bond acceptors (Lipinski definition) is 5. The summed E-state index contributed by atoms with van der Waals surface area (Å²) in [5.41, 5.74) is 0. The molecule has 5 nitrogen and oxygen atoms in total. The number of fused-ring (bicyclic) bond motifs is 1. The second-order valence-corrected chi connectivity index (χ2v) is 6.17. The molecular weight excluding hydrogens is 272 g/mol. The largest absolute Gasteiger partial charge is 0.360 e. The highest BCUT2D eigenvalue weighted by atomic mass is 32.1. The molecule has 0 aromatic carbocycles. The number of aryl methyl sites for hydroxylation is 1. The smallest absolute Gasteiger partial charge is 0.239 e. The zero-order chi connectivity index (χ0) is 14.5. The zero-order valence-corrected chi connectivity index (χ0v) is 12.9. The van der Waals surface area contributed by atoms with E-state index in [-0.39, 0.29) is 12.5 Å². The van der Waals surface area contributed by atoms with Gasteiger partial charge in [0, 0.05) is 11.4 Å². The van der Waals surface area contributed by atoms with Gasteiger partial charge in [0.2, 0.25) is 5.91 Å². The molecule has 0 fully saturated rings. The summed E-state index contributed by atoms with van der Waals surface area (Å²) >= 11 is 1.67. The van der Waals surface area contributed by atoms with E-state index < -0.39 is 0 Å². The van der Waals surface area contributed by atoms with E-state index in [1.807, 2.05) is 0 Å². The maximum absolute atomic E-state index is 11.7. The van der Waals surface area contributed by atoms with Gasteiger partial charge in [-0.3, -0.25) is 4.79 Å². The molecule has 0 aliphatic heterocycles. The molecule has 2 aromatic rings. The molecule has 0 atom stereocenters. The summed E-state index contributed by atoms with van der Waals surface area (Å²) in [7, 11) is 0. The maximum atomic E-state index is 11.7. The second kappa shape index (κ2) is 6.65. The summed E-state index contributed by atoms with van der Waals surface area (Å²) < 4.78 is 0. The van der Waals surface area contributed by atoms with Crippen molar-refractivity contribution in [3.63, 3.8) is 0 Å². The van der Waals surface area contributed by atoms with Gasteiger partial charge in [0.15, 0.2) is 0 Å². The molecular formula is C14H20N4OS. The molecule has 0 aliphatic rings. The average molecular weight is 292 g/mol. The monoisotopic (exact) mass is 292 g/mol. The SMILES string of the molecule is CCc1cc2c(NCC(=O)NCC(C)C)ncnc2s1. The van der Waals surface area contributed by atoms with Crippen molar-refractivity contribution in [3.05, 3.63) is 17.3 Å². The highest BCUT2D eigenvalue weighted by Gasteiger charge is 2.09. The molecule has 0 unspecified atom stereocenters. The van der Waals surface area contributed by atoms with Crippen LogP contribution in [-0.4, -0.2) is 29.0 Å². The summed E-state index contributed by atoms with van der Waals surface area (Å²) in [6.45, 7) is 7.18. The number of hydrogen-bond donors (Lipinski definition) is 2. The van der Waals surface area contributed by atoms with Crippen molar-refractivity contribution in [2.75, 3.05) is 18.4 Å². The lowest BCUT2D eigenvalue weighted by Gasteiger charge is -2.09. The topological polar surface area (TPSA) is 66.9 Å². The number of anilines is 1. The molecule has 2 heterocycles. The first-order valence-corrected chi connectivity index (χ1v) is 7.65. The van der Waals surface area contributed by atoms with Crippen LogP contribution < -0.4 is 10.6 Å². The molecule has 0 aliphatic carbocycles. The van der Waals surface area contributed by atoms with E-state index in [0.29, 0.717) is 12.5 Å². The molecule has 20 heavy (non-hydrogen) atoms. The van der Waals surface area contributed by atoms with Crippen LogP contribution in [0.3, 0.4) is 0 Å². The number of amides is 1. The number of rotatable bonds is 6. The number of nitrogens with zero attached hydrogens (tertiary/aromatic N) is 2. The van der Waals surface area contributed by atoms with Gasteiger partial charge in [0.1, 0.15) is 17.0 Å². The van der Waals surface area contributed by atoms with E-state index in [1.165, 1.54) is 11.2 Å². The number of carbonyl (C=O) groups excluding carboxylic acids is 1. The fourth-order valence-electron chi connectivity index (χ4n) is 1.77. The molecule has 0 spiro atoms. The summed E-state index contributed by atoms with van der Waals surface area (Å²) in [5, 5.41) is 6.96. The maximum Gasteiger partial charge on any atom is 0.239 e. The predicted octanol–water partition coefficient (Wildman–Crippen LogP) is 2.44. The van der Waals surface area contributed by atoms with Crippen LogP contribution in [0.25, 0.3) is 10.2 Å². The minimum absolute atomic E-state index is 0.0172. The number of carbonyl (C=O) groups is 1. The third-order valence-electron chi connectivity index (χ3n) is 2.85. The van der Waals surface area contributed by atoms with Crippen LogP contribution in [0.4, 0.5) is 5.82 Å². The van der Waals surface area contributed by atoms with Crippen molar-refractivity contribution in [2.24, 2.45) is 5.92 Å². The van der Waals surface area contributed by atoms with E-state index >= 15 is 0 Å². The van der Waals surface area contributed by atoms with Gasteiger partial charge in [-0.2, -0.15) is 0 Å². The summed E-state index contributed by atoms with van der Waals surface area (Å²) in [4.78, 5) is 22.4. The molecule has 1 amide bonds. The van der Waals surface area contributed by atoms with Crippen molar-refractivity contribution in [1.29, 1.82) is 0 Å². The Morgan fingerprint density at radius 3 is 2.90 bits per heavy atom. The Kier molecular flexibility index (Phi) is 4.89. The molecule has 0 bridgehead atoms. The quantitative estimate of drug-likeness (QED) is 0.858. The van der Waals surface area contributed by atoms with Gasteiger partial charge in [-0.25, -0.2) is 9.97 Å². The predicted molar refractivity (Wildman–Crippen MR) is 83.1 cm³/mol. The van der Waals surface area contributed by atoms with Crippen molar-refractivity contribution in [2.45, 2.75) is 27.2 Å². The molecule has 108 valence electrons. The van der Waals surface area contributed by atoms with E-state index in [1.54, 1.807) is 11.3 Å². The fraction of sp³-hybridized carbons (Fsp3) is 0.500. The molecule has 0 radical (unpaired) electrons. The molecule has 0 saturated carbocycles. The minimum Gasteiger partial charge on any atom is -0.360 e. The highest BCUT2D eigenvalue weighted by molar-refractivity contribution is 7.18. The van der Waals surface area contributed by atoms with E-state index in [4.69, 9.17) is 0 Å². The van der Waals surface area contributed by atoms with Gasteiger partial charge in [-0.15, -0.1) is 11.3 Å². The Bertz CT molecular complexity index is 594. The number of thiophene rings is 1. The summed E-state index contributed by atoms with van der Waals surface area (Å²) in [5.74, 6) is 1.16. The van der Waals surface area contributed by atoms with Gasteiger partial charge in [-0.1, -0.05) is 20.8 Å². The van der Waals surface area contributed by atoms with Crippen LogP contribution in [0.1, 0.15) is 25.6 Å². The van der Waals surface area contributed by atoms with Crippen molar-refractivity contribution in [1.82, 2.24) is 15.3 Å². The minimum atomic E-state index is -0.0172. The van der Waals surface area contributed by atoms with E-state index in [9.17, 15) is 4.79 Å². The first kappa shape index (κ1) is 14.7. The van der Waals surface area contributed by atoms with Crippen LogP contribution in [0, 0.1) is 5.92 Å². The Balaban J connectivity index is 2.02. The molecule has 2 N–H and O–H groups in total. The molecule has 0 saturated heterocycles. The van der Waals surface area contributed by atoms with Gasteiger partial charge < -0.3 is 10.6 Å². The van der Waals surface area contributed by atoms with E-state index in [2.05, 4.69) is 47.4 Å². The van der Waals surface area contributed by atoms with Crippen molar-refractivity contribution < 1.29 is 4.79 Å². The van der Waals surface area contributed by atoms with Crippen molar-refractivity contribution >= 4 is 33.3 Å². The number of nitrogens with one attached hydrogen (secondary N) is 2. The van der Waals surface area contributed by atoms with Crippen LogP contribution >= 0.6 is 11.3 Å². The average Bonchev–Trinajstić information content (AvgIpc) is 2.86. The third kappa shape index (κ3) is 3.66. The third-order valence-corrected chi connectivity index (χ3v) is 4.04. The lowest BCUT2D eigenvalue weighted by molar-refractivity contribution is -0.119. The van der Waals surface area contributed by atoms with Crippen molar-refractivity contribution in [3.8, 4) is 0 Å². The fourth-order valence-corrected chi connectivity index (χ4v) is 2.70. The second-order valence-electron chi connectivity index (χ2n) is 5.06. The molecule has 2 rings (SSSR count). The lowest BCUT2D eigenvalue weighted by Crippen LogP contribution is -2.32. The highest BCUT2D eigenvalue weighted by Crippen LogP contribution is 2.28. The van der Waals surface area contributed by atoms with Gasteiger partial charge in [0.05, 0.1) is 11.9 Å². The van der Waals surface area contributed by atoms with Crippen LogP contribution in [0.15, 0.2) is 12.4 Å². The lowest BCUT2D eigenvalue weighted by atomic mass is 10.2. The Labute approximate surface area is 122 Å². The van der Waals surface area contributed by atoms with Crippen LogP contribution in [0.2, 0.25) is 0 Å². The summed E-state index contributed by atoms with van der Waals surface area (Å²) in [6.07, 6.45) is 2.52. The van der Waals surface area contributed by atoms with Crippen LogP contribution in [-0.2, 0) is 11.2 Å². The van der Waals surface area contributed by atoms with Crippen LogP contribution in [0.5, 0.6) is 0 Å².